The van der Waals surface area contributed by atoms with Gasteiger partial charge in [0.15, 0.2) is 0 Å². The van der Waals surface area contributed by atoms with Crippen molar-refractivity contribution >= 4 is 33.3 Å². The van der Waals surface area contributed by atoms with E-state index in [1.54, 1.807) is 17.7 Å². The quantitative estimate of drug-likeness (QED) is 0.923. The molecule has 23 heavy (non-hydrogen) atoms. The molecule has 124 valence electrons. The van der Waals surface area contributed by atoms with Gasteiger partial charge in [0.05, 0.1) is 11.9 Å². The summed E-state index contributed by atoms with van der Waals surface area (Å²) >= 11 is 1.64. The van der Waals surface area contributed by atoms with E-state index in [9.17, 15) is 4.79 Å². The van der Waals surface area contributed by atoms with Gasteiger partial charge in [-0.3, -0.25) is 9.69 Å². The molecule has 3 heterocycles. The van der Waals surface area contributed by atoms with Gasteiger partial charge in [-0.2, -0.15) is 0 Å². The van der Waals surface area contributed by atoms with Crippen molar-refractivity contribution in [3.8, 4) is 0 Å². The van der Waals surface area contributed by atoms with Gasteiger partial charge in [-0.25, -0.2) is 9.97 Å². The van der Waals surface area contributed by atoms with Crippen molar-refractivity contribution in [3.05, 3.63) is 17.8 Å². The van der Waals surface area contributed by atoms with E-state index in [4.69, 9.17) is 0 Å². The fraction of sp³-hybridized carbons (Fsp3) is 0.562. The van der Waals surface area contributed by atoms with Crippen LogP contribution in [0.3, 0.4) is 0 Å². The van der Waals surface area contributed by atoms with Crippen LogP contribution >= 0.6 is 11.3 Å². The van der Waals surface area contributed by atoms with Crippen molar-refractivity contribution in [2.45, 2.75) is 26.3 Å². The average molecular weight is 333 g/mol. The second-order valence-electron chi connectivity index (χ2n) is 6.18. The second kappa shape index (κ2) is 7.23. The largest absolute Gasteiger partial charge is 0.355 e. The van der Waals surface area contributed by atoms with Gasteiger partial charge in [0.2, 0.25) is 5.91 Å². The monoisotopic (exact) mass is 333 g/mol. The Morgan fingerprint density at radius 1 is 1.30 bits per heavy atom. The van der Waals surface area contributed by atoms with Gasteiger partial charge in [-0.15, -0.1) is 11.3 Å². The summed E-state index contributed by atoms with van der Waals surface area (Å²) in [7, 11) is 0. The third-order valence-electron chi connectivity index (χ3n) is 3.95. The fourth-order valence-corrected chi connectivity index (χ4v) is 3.67. The molecule has 0 radical (unpaired) electrons. The molecule has 1 aliphatic rings. The Labute approximate surface area is 140 Å². The zero-order valence-electron chi connectivity index (χ0n) is 13.7. The molecule has 1 amide bonds. The molecule has 7 heteroatoms. The third-order valence-corrected chi connectivity index (χ3v) is 4.77. The van der Waals surface area contributed by atoms with Crippen LogP contribution in [0.25, 0.3) is 10.2 Å². The van der Waals surface area contributed by atoms with E-state index in [0.29, 0.717) is 6.54 Å². The van der Waals surface area contributed by atoms with Crippen LogP contribution in [0.1, 0.15) is 20.3 Å². The first-order valence-corrected chi connectivity index (χ1v) is 8.96. The standard InChI is InChI=1S/C16H23N5OS/c1-12(2)19-14(22)10-20-5-3-6-21(8-7-20)15-13-4-9-23-16(13)18-11-17-15/h4,9,11-12H,3,5-8,10H2,1-2H3,(H,19,22). The Morgan fingerprint density at radius 3 is 3.00 bits per heavy atom. The maximum Gasteiger partial charge on any atom is 0.234 e. The Morgan fingerprint density at radius 2 is 2.17 bits per heavy atom. The van der Waals surface area contributed by atoms with Gasteiger partial charge in [-0.05, 0) is 31.7 Å². The molecule has 1 saturated heterocycles. The van der Waals surface area contributed by atoms with Crippen molar-refractivity contribution in [3.63, 3.8) is 0 Å². The number of nitrogens with zero attached hydrogens (tertiary/aromatic N) is 4. The maximum atomic E-state index is 11.9. The molecule has 0 aromatic carbocycles. The molecular formula is C16H23N5OS. The number of rotatable bonds is 4. The van der Waals surface area contributed by atoms with Crippen LogP contribution in [0.15, 0.2) is 17.8 Å². The summed E-state index contributed by atoms with van der Waals surface area (Å²) in [5.41, 5.74) is 0. The summed E-state index contributed by atoms with van der Waals surface area (Å²) in [5, 5.41) is 6.15. The minimum absolute atomic E-state index is 0.107. The normalized spacial score (nSPS) is 16.7. The molecule has 0 spiro atoms. The van der Waals surface area contributed by atoms with E-state index < -0.39 is 0 Å². The smallest absolute Gasteiger partial charge is 0.234 e. The van der Waals surface area contributed by atoms with Crippen molar-refractivity contribution in [1.82, 2.24) is 20.2 Å². The van der Waals surface area contributed by atoms with E-state index in [1.807, 2.05) is 13.8 Å². The molecule has 2 aromatic rings. The van der Waals surface area contributed by atoms with E-state index in [1.165, 1.54) is 0 Å². The molecular weight excluding hydrogens is 310 g/mol. The predicted octanol–water partition coefficient (Wildman–Crippen LogP) is 1.73. The van der Waals surface area contributed by atoms with Gasteiger partial charge in [0.25, 0.3) is 0 Å². The highest BCUT2D eigenvalue weighted by molar-refractivity contribution is 7.16. The number of anilines is 1. The lowest BCUT2D eigenvalue weighted by atomic mass is 10.3. The van der Waals surface area contributed by atoms with E-state index >= 15 is 0 Å². The second-order valence-corrected chi connectivity index (χ2v) is 7.07. The van der Waals surface area contributed by atoms with Crippen LogP contribution in [0.2, 0.25) is 0 Å². The molecule has 0 unspecified atom stereocenters. The summed E-state index contributed by atoms with van der Waals surface area (Å²) in [6.07, 6.45) is 2.68. The van der Waals surface area contributed by atoms with Gasteiger partial charge < -0.3 is 10.2 Å². The van der Waals surface area contributed by atoms with Crippen LogP contribution in [0.4, 0.5) is 5.82 Å². The topological polar surface area (TPSA) is 61.4 Å². The van der Waals surface area contributed by atoms with E-state index in [2.05, 4.69) is 36.5 Å². The summed E-state index contributed by atoms with van der Waals surface area (Å²) < 4.78 is 0. The highest BCUT2D eigenvalue weighted by Gasteiger charge is 2.20. The van der Waals surface area contributed by atoms with Crippen LogP contribution < -0.4 is 10.2 Å². The van der Waals surface area contributed by atoms with Crippen LogP contribution in [0.5, 0.6) is 0 Å². The summed E-state index contributed by atoms with van der Waals surface area (Å²) in [6.45, 7) is 8.12. The molecule has 6 nitrogen and oxygen atoms in total. The lowest BCUT2D eigenvalue weighted by Gasteiger charge is -2.23. The van der Waals surface area contributed by atoms with E-state index in [0.717, 1.165) is 48.6 Å². The molecule has 2 aromatic heterocycles. The van der Waals surface area contributed by atoms with Crippen molar-refractivity contribution in [1.29, 1.82) is 0 Å². The lowest BCUT2D eigenvalue weighted by molar-refractivity contribution is -0.122. The Bertz CT molecular complexity index is 671. The molecule has 1 fully saturated rings. The molecule has 3 rings (SSSR count). The predicted molar refractivity (Wildman–Crippen MR) is 94.0 cm³/mol. The highest BCUT2D eigenvalue weighted by atomic mass is 32.1. The maximum absolute atomic E-state index is 11.9. The van der Waals surface area contributed by atoms with E-state index in [-0.39, 0.29) is 11.9 Å². The number of hydrogen-bond acceptors (Lipinski definition) is 6. The summed E-state index contributed by atoms with van der Waals surface area (Å²) in [6, 6.07) is 2.28. The SMILES string of the molecule is CC(C)NC(=O)CN1CCCN(c2ncnc3sccc23)CC1. The number of nitrogens with one attached hydrogen (secondary N) is 1. The van der Waals surface area contributed by atoms with Crippen molar-refractivity contribution in [2.75, 3.05) is 37.6 Å². The summed E-state index contributed by atoms with van der Waals surface area (Å²) in [4.78, 5) is 26.3. The third kappa shape index (κ3) is 3.97. The number of fused-ring (bicyclic) bond motifs is 1. The number of hydrogen-bond donors (Lipinski definition) is 1. The average Bonchev–Trinajstić information content (AvgIpc) is 2.87. The molecule has 1 aliphatic heterocycles. The Hall–Kier alpha value is -1.73. The number of thiophene rings is 1. The number of aromatic nitrogens is 2. The first-order valence-electron chi connectivity index (χ1n) is 8.08. The van der Waals surface area contributed by atoms with Crippen LogP contribution in [-0.4, -0.2) is 59.5 Å². The minimum Gasteiger partial charge on any atom is -0.355 e. The van der Waals surface area contributed by atoms with Gasteiger partial charge >= 0.3 is 0 Å². The molecule has 0 bridgehead atoms. The van der Waals surface area contributed by atoms with Gasteiger partial charge in [0, 0.05) is 32.2 Å². The zero-order chi connectivity index (χ0) is 16.2. The molecule has 1 N–H and O–H groups in total. The molecule has 0 aliphatic carbocycles. The minimum atomic E-state index is 0.107. The Kier molecular flexibility index (Phi) is 5.07. The molecule has 0 atom stereocenters. The van der Waals surface area contributed by atoms with Crippen molar-refractivity contribution < 1.29 is 4.79 Å². The highest BCUT2D eigenvalue weighted by Crippen LogP contribution is 2.27. The van der Waals surface area contributed by atoms with Gasteiger partial charge in [-0.1, -0.05) is 0 Å². The number of carbonyl (C=O) groups excluding carboxylic acids is 1. The first kappa shape index (κ1) is 16.1. The zero-order valence-corrected chi connectivity index (χ0v) is 14.5. The van der Waals surface area contributed by atoms with Crippen LogP contribution in [0, 0.1) is 0 Å². The van der Waals surface area contributed by atoms with Crippen LogP contribution in [-0.2, 0) is 4.79 Å². The van der Waals surface area contributed by atoms with Gasteiger partial charge in [0.1, 0.15) is 17.0 Å². The Balaban J connectivity index is 1.64. The molecule has 0 saturated carbocycles. The fourth-order valence-electron chi connectivity index (χ4n) is 2.94. The lowest BCUT2D eigenvalue weighted by Crippen LogP contribution is -2.41. The van der Waals surface area contributed by atoms with Crippen molar-refractivity contribution in [2.24, 2.45) is 0 Å². The first-order chi connectivity index (χ1) is 11.1. The summed E-state index contributed by atoms with van der Waals surface area (Å²) in [5.74, 6) is 1.13. The number of amides is 1. The number of carbonyl (C=O) groups is 1.